The molecule has 4 atom stereocenters. The van der Waals surface area contributed by atoms with Crippen LogP contribution >= 0.6 is 0 Å². The summed E-state index contributed by atoms with van der Waals surface area (Å²) in [4.78, 5) is 63.3. The van der Waals surface area contributed by atoms with E-state index in [1.54, 1.807) is 38.1 Å². The molecule has 5 N–H and O–H groups in total. The number of amides is 4. The summed E-state index contributed by atoms with van der Waals surface area (Å²) in [6.07, 6.45) is -0.550. The molecule has 0 radical (unpaired) electrons. The molecule has 4 amide bonds. The van der Waals surface area contributed by atoms with E-state index in [1.807, 2.05) is 19.9 Å². The van der Waals surface area contributed by atoms with Crippen LogP contribution in [0.5, 0.6) is 0 Å². The Balaban J connectivity index is 3.11. The second-order valence-corrected chi connectivity index (χ2v) is 8.89. The van der Waals surface area contributed by atoms with Gasteiger partial charge >= 0.3 is 6.09 Å². The number of nitrogens with zero attached hydrogens (tertiary/aromatic N) is 1. The van der Waals surface area contributed by atoms with Crippen molar-refractivity contribution in [3.8, 4) is 0 Å². The lowest BCUT2D eigenvalue weighted by atomic mass is 9.93. The van der Waals surface area contributed by atoms with Crippen molar-refractivity contribution in [2.75, 3.05) is 7.05 Å². The lowest BCUT2D eigenvalue weighted by molar-refractivity contribution is -0.149. The monoisotopic (exact) mass is 476 g/mol. The van der Waals surface area contributed by atoms with Crippen molar-refractivity contribution < 1.29 is 29.1 Å². The minimum atomic E-state index is -1.37. The number of nitrogens with two attached hydrogens (primary N) is 1. The van der Waals surface area contributed by atoms with Crippen LogP contribution in [0.25, 0.3) is 0 Å². The molecule has 34 heavy (non-hydrogen) atoms. The first-order valence-corrected chi connectivity index (χ1v) is 11.3. The number of ketones is 1. The second kappa shape index (κ2) is 13.3. The first-order valence-electron chi connectivity index (χ1n) is 11.3. The number of Topliss-reactive ketones (excluding diaryl/α,β-unsaturated/α-hetero) is 1. The average molecular weight is 477 g/mol. The zero-order valence-electron chi connectivity index (χ0n) is 20.4. The summed E-state index contributed by atoms with van der Waals surface area (Å²) in [7, 11) is 1.32. The number of nitrogens with one attached hydrogen (secondary N) is 2. The van der Waals surface area contributed by atoms with Crippen molar-refractivity contribution in [3.05, 3.63) is 35.9 Å². The summed E-state index contributed by atoms with van der Waals surface area (Å²) in [5.41, 5.74) is 6.29. The largest absolute Gasteiger partial charge is 0.465 e. The van der Waals surface area contributed by atoms with Gasteiger partial charge in [0.05, 0.1) is 6.04 Å². The second-order valence-electron chi connectivity index (χ2n) is 8.89. The number of carbonyl (C=O) groups excluding carboxylic acids is 4. The van der Waals surface area contributed by atoms with Crippen molar-refractivity contribution in [1.82, 2.24) is 15.5 Å². The van der Waals surface area contributed by atoms with Crippen LogP contribution < -0.4 is 16.4 Å². The predicted molar refractivity (Wildman–Crippen MR) is 127 cm³/mol. The van der Waals surface area contributed by atoms with Crippen LogP contribution in [0.3, 0.4) is 0 Å². The summed E-state index contributed by atoms with van der Waals surface area (Å²) >= 11 is 0. The Morgan fingerprint density at radius 2 is 1.62 bits per heavy atom. The van der Waals surface area contributed by atoms with E-state index in [2.05, 4.69) is 10.6 Å². The first-order chi connectivity index (χ1) is 15.9. The topological polar surface area (TPSA) is 159 Å². The molecule has 0 aliphatic rings. The number of likely N-dealkylation sites (N-methyl/N-ethyl adjacent to an activating group) is 1. The number of carboxylic acid groups (broad SMARTS) is 1. The SMILES string of the molecule is CCC(C)C(NC(=O)C(CC(C)C)NC(=O)O)C(=O)C(=O)N(C)C(Cc1ccccc1)C(N)=O. The van der Waals surface area contributed by atoms with Crippen molar-refractivity contribution in [1.29, 1.82) is 0 Å². The van der Waals surface area contributed by atoms with Gasteiger partial charge in [-0.3, -0.25) is 19.2 Å². The van der Waals surface area contributed by atoms with Gasteiger partial charge in [0.25, 0.3) is 5.91 Å². The Labute approximate surface area is 200 Å². The maximum Gasteiger partial charge on any atom is 0.405 e. The van der Waals surface area contributed by atoms with Gasteiger partial charge in [-0.05, 0) is 23.8 Å². The summed E-state index contributed by atoms with van der Waals surface area (Å²) in [6, 6.07) is 5.61. The molecule has 10 nitrogen and oxygen atoms in total. The molecule has 10 heteroatoms. The van der Waals surface area contributed by atoms with Gasteiger partial charge in [-0.2, -0.15) is 0 Å². The number of carbonyl (C=O) groups is 5. The lowest BCUT2D eigenvalue weighted by Gasteiger charge is -2.30. The number of hydrogen-bond donors (Lipinski definition) is 4. The molecule has 0 spiro atoms. The number of rotatable bonds is 13. The summed E-state index contributed by atoms with van der Waals surface area (Å²) in [5, 5.41) is 13.8. The number of primary amides is 1. The molecule has 0 saturated carbocycles. The van der Waals surface area contributed by atoms with E-state index < -0.39 is 53.6 Å². The van der Waals surface area contributed by atoms with Gasteiger partial charge in [-0.15, -0.1) is 0 Å². The number of hydrogen-bond acceptors (Lipinski definition) is 5. The van der Waals surface area contributed by atoms with Gasteiger partial charge < -0.3 is 26.4 Å². The van der Waals surface area contributed by atoms with E-state index >= 15 is 0 Å². The quantitative estimate of drug-likeness (QED) is 0.314. The standard InChI is InChI=1S/C24H36N4O6/c1-6-15(4)19(27-22(31)17(12-14(2)3)26-24(33)34)20(29)23(32)28(5)18(21(25)30)13-16-10-8-7-9-11-16/h7-11,14-15,17-19,26H,6,12-13H2,1-5H3,(H2,25,30)(H,27,31)(H,33,34). The highest BCUT2D eigenvalue weighted by molar-refractivity contribution is 6.38. The summed E-state index contributed by atoms with van der Waals surface area (Å²) in [6.45, 7) is 7.16. The molecule has 0 aliphatic heterocycles. The van der Waals surface area contributed by atoms with Gasteiger partial charge in [-0.25, -0.2) is 4.79 Å². The van der Waals surface area contributed by atoms with E-state index in [4.69, 9.17) is 10.8 Å². The normalized spacial score (nSPS) is 14.4. The maximum absolute atomic E-state index is 13.2. The van der Waals surface area contributed by atoms with Gasteiger partial charge in [0.15, 0.2) is 0 Å². The van der Waals surface area contributed by atoms with Crippen molar-refractivity contribution in [2.45, 2.75) is 65.1 Å². The first kappa shape index (κ1) is 28.6. The zero-order chi connectivity index (χ0) is 26.0. The van der Waals surface area contributed by atoms with E-state index in [-0.39, 0.29) is 18.8 Å². The van der Waals surface area contributed by atoms with Crippen LogP contribution in [0.1, 0.15) is 46.1 Å². The molecular weight excluding hydrogens is 440 g/mol. The van der Waals surface area contributed by atoms with Gasteiger partial charge in [0, 0.05) is 13.5 Å². The van der Waals surface area contributed by atoms with E-state index in [1.165, 1.54) is 7.05 Å². The summed E-state index contributed by atoms with van der Waals surface area (Å²) in [5.74, 6) is -3.73. The molecule has 0 aliphatic carbocycles. The Bertz CT molecular complexity index is 873. The molecule has 0 saturated heterocycles. The third-order valence-electron chi connectivity index (χ3n) is 5.71. The van der Waals surface area contributed by atoms with Gasteiger partial charge in [-0.1, -0.05) is 64.4 Å². The Morgan fingerprint density at radius 1 is 1.03 bits per heavy atom. The average Bonchev–Trinajstić information content (AvgIpc) is 2.78. The van der Waals surface area contributed by atoms with Crippen molar-refractivity contribution >= 4 is 29.6 Å². The van der Waals surface area contributed by atoms with Gasteiger partial charge in [0.2, 0.25) is 17.6 Å². The molecule has 4 unspecified atom stereocenters. The van der Waals surface area contributed by atoms with Crippen molar-refractivity contribution in [2.24, 2.45) is 17.6 Å². The fourth-order valence-electron chi connectivity index (χ4n) is 3.52. The Hall–Kier alpha value is -3.43. The van der Waals surface area contributed by atoms with Crippen LogP contribution in [0.15, 0.2) is 30.3 Å². The van der Waals surface area contributed by atoms with Crippen LogP contribution in [-0.4, -0.2) is 64.8 Å². The molecule has 0 heterocycles. The molecule has 0 aromatic heterocycles. The molecule has 0 bridgehead atoms. The van der Waals surface area contributed by atoms with Crippen LogP contribution in [-0.2, 0) is 25.6 Å². The molecule has 1 aromatic rings. The highest BCUT2D eigenvalue weighted by atomic mass is 16.4. The van der Waals surface area contributed by atoms with E-state index in [0.717, 1.165) is 10.5 Å². The van der Waals surface area contributed by atoms with Crippen LogP contribution in [0, 0.1) is 11.8 Å². The molecule has 188 valence electrons. The lowest BCUT2D eigenvalue weighted by Crippen LogP contribution is -2.58. The molecule has 1 rings (SSSR count). The van der Waals surface area contributed by atoms with Gasteiger partial charge in [0.1, 0.15) is 12.1 Å². The highest BCUT2D eigenvalue weighted by Gasteiger charge is 2.37. The Morgan fingerprint density at radius 3 is 2.09 bits per heavy atom. The zero-order valence-corrected chi connectivity index (χ0v) is 20.4. The fraction of sp³-hybridized carbons (Fsp3) is 0.542. The van der Waals surface area contributed by atoms with Crippen molar-refractivity contribution in [3.63, 3.8) is 0 Å². The molecule has 0 fully saturated rings. The van der Waals surface area contributed by atoms with E-state index in [0.29, 0.717) is 6.42 Å². The smallest absolute Gasteiger partial charge is 0.405 e. The molecular formula is C24H36N4O6. The van der Waals surface area contributed by atoms with Crippen LogP contribution in [0.2, 0.25) is 0 Å². The fourth-order valence-corrected chi connectivity index (χ4v) is 3.52. The van der Waals surface area contributed by atoms with Crippen LogP contribution in [0.4, 0.5) is 4.79 Å². The highest BCUT2D eigenvalue weighted by Crippen LogP contribution is 2.14. The Kier molecular flexibility index (Phi) is 11.2. The van der Waals surface area contributed by atoms with E-state index in [9.17, 15) is 24.0 Å². The molecule has 1 aromatic carbocycles. The maximum atomic E-state index is 13.2. The third-order valence-corrected chi connectivity index (χ3v) is 5.71. The third kappa shape index (κ3) is 8.49. The predicted octanol–water partition coefficient (Wildman–Crippen LogP) is 1.32. The minimum absolute atomic E-state index is 0.00225. The summed E-state index contributed by atoms with van der Waals surface area (Å²) < 4.78 is 0. The minimum Gasteiger partial charge on any atom is -0.465 e. The number of benzene rings is 1.